The fourth-order valence-corrected chi connectivity index (χ4v) is 2.93. The SMILES string of the molecule is Cc1ccc(C[NH+](C)CC(=O)N2CC(=O)Nc3ccccc32)cc1. The molecular formula is C19H22N3O2+. The van der Waals surface area contributed by atoms with Gasteiger partial charge in [-0.3, -0.25) is 14.5 Å². The van der Waals surface area contributed by atoms with Crippen LogP contribution in [0, 0.1) is 6.92 Å². The van der Waals surface area contributed by atoms with Crippen molar-refractivity contribution in [2.24, 2.45) is 0 Å². The molecule has 0 aromatic heterocycles. The lowest BCUT2D eigenvalue weighted by Crippen LogP contribution is -3.09. The molecule has 1 unspecified atom stereocenters. The van der Waals surface area contributed by atoms with Crippen molar-refractivity contribution in [3.63, 3.8) is 0 Å². The Bertz CT molecular complexity index is 755. The minimum atomic E-state index is -0.154. The second-order valence-electron chi connectivity index (χ2n) is 6.34. The summed E-state index contributed by atoms with van der Waals surface area (Å²) in [6, 6.07) is 15.7. The van der Waals surface area contributed by atoms with Crippen LogP contribution in [0.1, 0.15) is 11.1 Å². The van der Waals surface area contributed by atoms with Crippen LogP contribution in [0.25, 0.3) is 0 Å². The van der Waals surface area contributed by atoms with E-state index in [9.17, 15) is 9.59 Å². The number of nitrogens with zero attached hydrogens (tertiary/aromatic N) is 1. The summed E-state index contributed by atoms with van der Waals surface area (Å²) in [7, 11) is 1.99. The molecule has 0 radical (unpaired) electrons. The lowest BCUT2D eigenvalue weighted by Gasteiger charge is -2.29. The molecule has 0 saturated carbocycles. The zero-order chi connectivity index (χ0) is 17.1. The topological polar surface area (TPSA) is 53.9 Å². The van der Waals surface area contributed by atoms with E-state index in [1.54, 1.807) is 4.90 Å². The number of hydrogen-bond donors (Lipinski definition) is 2. The molecule has 1 aliphatic rings. The van der Waals surface area contributed by atoms with Gasteiger partial charge < -0.3 is 10.2 Å². The van der Waals surface area contributed by atoms with Gasteiger partial charge in [-0.25, -0.2) is 0 Å². The van der Waals surface area contributed by atoms with Crippen LogP contribution in [0.4, 0.5) is 11.4 Å². The summed E-state index contributed by atoms with van der Waals surface area (Å²) in [4.78, 5) is 27.2. The smallest absolute Gasteiger partial charge is 0.282 e. The lowest BCUT2D eigenvalue weighted by molar-refractivity contribution is -0.885. The third-order valence-electron chi connectivity index (χ3n) is 4.15. The van der Waals surface area contributed by atoms with Crippen LogP contribution in [0.15, 0.2) is 48.5 Å². The van der Waals surface area contributed by atoms with Crippen LogP contribution in [-0.4, -0.2) is 32.0 Å². The fourth-order valence-electron chi connectivity index (χ4n) is 2.93. The number of carbonyl (C=O) groups excluding carboxylic acids is 2. The highest BCUT2D eigenvalue weighted by atomic mass is 16.2. The third-order valence-corrected chi connectivity index (χ3v) is 4.15. The van der Waals surface area contributed by atoms with Gasteiger partial charge in [0.25, 0.3) is 5.91 Å². The Hall–Kier alpha value is -2.66. The Morgan fingerprint density at radius 1 is 1.17 bits per heavy atom. The van der Waals surface area contributed by atoms with E-state index in [2.05, 4.69) is 36.5 Å². The van der Waals surface area contributed by atoms with Crippen LogP contribution < -0.4 is 15.1 Å². The van der Waals surface area contributed by atoms with E-state index in [0.29, 0.717) is 12.2 Å². The van der Waals surface area contributed by atoms with Crippen LogP contribution in [0.2, 0.25) is 0 Å². The predicted molar refractivity (Wildman–Crippen MR) is 94.1 cm³/mol. The van der Waals surface area contributed by atoms with Crippen molar-refractivity contribution in [2.75, 3.05) is 30.4 Å². The number of quaternary nitrogens is 1. The standard InChI is InChI=1S/C19H21N3O2/c1-14-7-9-15(10-8-14)11-21(2)13-19(24)22-12-18(23)20-16-5-3-4-6-17(16)22/h3-10H,11-13H2,1-2H3,(H,20,23)/p+1. The molecular weight excluding hydrogens is 302 g/mol. The van der Waals surface area contributed by atoms with Crippen LogP contribution in [0.3, 0.4) is 0 Å². The van der Waals surface area contributed by atoms with Gasteiger partial charge in [0.15, 0.2) is 6.54 Å². The molecule has 124 valence electrons. The van der Waals surface area contributed by atoms with E-state index in [4.69, 9.17) is 0 Å². The van der Waals surface area contributed by atoms with E-state index in [-0.39, 0.29) is 18.4 Å². The van der Waals surface area contributed by atoms with Crippen molar-refractivity contribution >= 4 is 23.2 Å². The van der Waals surface area contributed by atoms with E-state index >= 15 is 0 Å². The minimum Gasteiger partial charge on any atom is -0.326 e. The molecule has 5 nitrogen and oxygen atoms in total. The highest BCUT2D eigenvalue weighted by Crippen LogP contribution is 2.28. The molecule has 0 fully saturated rings. The number of likely N-dealkylation sites (N-methyl/N-ethyl adjacent to an activating group) is 1. The Labute approximate surface area is 141 Å². The molecule has 2 amide bonds. The normalized spacial score (nSPS) is 14.8. The summed E-state index contributed by atoms with van der Waals surface area (Å²) in [5.74, 6) is -0.194. The summed E-state index contributed by atoms with van der Waals surface area (Å²) in [5.41, 5.74) is 3.88. The molecule has 1 aliphatic heterocycles. The van der Waals surface area contributed by atoms with Gasteiger partial charge >= 0.3 is 0 Å². The summed E-state index contributed by atoms with van der Waals surface area (Å²) in [6.45, 7) is 3.25. The first kappa shape index (κ1) is 16.2. The highest BCUT2D eigenvalue weighted by molar-refractivity contribution is 6.10. The van der Waals surface area contributed by atoms with Crippen molar-refractivity contribution in [1.29, 1.82) is 0 Å². The molecule has 1 atom stereocenters. The Morgan fingerprint density at radius 3 is 2.62 bits per heavy atom. The quantitative estimate of drug-likeness (QED) is 0.881. The number of nitrogens with one attached hydrogen (secondary N) is 2. The molecule has 2 N–H and O–H groups in total. The molecule has 2 aromatic rings. The van der Waals surface area contributed by atoms with Crippen molar-refractivity contribution in [1.82, 2.24) is 0 Å². The van der Waals surface area contributed by atoms with Gasteiger partial charge in [-0.05, 0) is 19.1 Å². The molecule has 1 heterocycles. The van der Waals surface area contributed by atoms with Crippen LogP contribution >= 0.6 is 0 Å². The number of hydrogen-bond acceptors (Lipinski definition) is 2. The monoisotopic (exact) mass is 324 g/mol. The molecule has 24 heavy (non-hydrogen) atoms. The number of carbonyl (C=O) groups is 2. The molecule has 0 spiro atoms. The van der Waals surface area contributed by atoms with Crippen molar-refractivity contribution in [2.45, 2.75) is 13.5 Å². The summed E-state index contributed by atoms with van der Waals surface area (Å²) >= 11 is 0. The van der Waals surface area contributed by atoms with Gasteiger partial charge in [0.1, 0.15) is 13.1 Å². The van der Waals surface area contributed by atoms with Gasteiger partial charge in [-0.2, -0.15) is 0 Å². The molecule has 0 saturated heterocycles. The zero-order valence-electron chi connectivity index (χ0n) is 14.0. The van der Waals surface area contributed by atoms with Gasteiger partial charge in [-0.1, -0.05) is 42.0 Å². The lowest BCUT2D eigenvalue weighted by atomic mass is 10.1. The van der Waals surface area contributed by atoms with E-state index in [1.807, 2.05) is 31.3 Å². The van der Waals surface area contributed by atoms with Gasteiger partial charge in [0, 0.05) is 5.56 Å². The largest absolute Gasteiger partial charge is 0.326 e. The predicted octanol–water partition coefficient (Wildman–Crippen LogP) is 0.995. The van der Waals surface area contributed by atoms with Crippen molar-refractivity contribution in [3.8, 4) is 0 Å². The van der Waals surface area contributed by atoms with Crippen LogP contribution in [0.5, 0.6) is 0 Å². The van der Waals surface area contributed by atoms with Gasteiger partial charge in [0.05, 0.1) is 18.4 Å². The number of para-hydroxylation sites is 2. The second kappa shape index (κ2) is 6.84. The Balaban J connectivity index is 1.68. The van der Waals surface area contributed by atoms with Crippen molar-refractivity contribution < 1.29 is 14.5 Å². The van der Waals surface area contributed by atoms with Gasteiger partial charge in [0.2, 0.25) is 5.91 Å². The van der Waals surface area contributed by atoms with Crippen LogP contribution in [-0.2, 0) is 16.1 Å². The number of anilines is 2. The maximum absolute atomic E-state index is 12.7. The molecule has 2 aromatic carbocycles. The third kappa shape index (κ3) is 3.63. The highest BCUT2D eigenvalue weighted by Gasteiger charge is 2.28. The average Bonchev–Trinajstić information content (AvgIpc) is 2.56. The maximum atomic E-state index is 12.7. The first-order chi connectivity index (χ1) is 11.5. The number of amides is 2. The number of aryl methyl sites for hydroxylation is 1. The van der Waals surface area contributed by atoms with E-state index < -0.39 is 0 Å². The first-order valence-electron chi connectivity index (χ1n) is 8.09. The Kier molecular flexibility index (Phi) is 4.62. The first-order valence-corrected chi connectivity index (χ1v) is 8.09. The maximum Gasteiger partial charge on any atom is 0.282 e. The number of fused-ring (bicyclic) bond motifs is 1. The van der Waals surface area contributed by atoms with E-state index in [0.717, 1.165) is 17.1 Å². The summed E-state index contributed by atoms with van der Waals surface area (Å²) in [5, 5.41) is 2.80. The fraction of sp³-hybridized carbons (Fsp3) is 0.263. The summed E-state index contributed by atoms with van der Waals surface area (Å²) < 4.78 is 0. The Morgan fingerprint density at radius 2 is 1.88 bits per heavy atom. The second-order valence-corrected chi connectivity index (χ2v) is 6.34. The molecule has 5 heteroatoms. The average molecular weight is 324 g/mol. The minimum absolute atomic E-state index is 0.0399. The number of rotatable bonds is 4. The molecule has 0 aliphatic carbocycles. The van der Waals surface area contributed by atoms with Crippen molar-refractivity contribution in [3.05, 3.63) is 59.7 Å². The number of benzene rings is 2. The van der Waals surface area contributed by atoms with E-state index in [1.165, 1.54) is 11.1 Å². The van der Waals surface area contributed by atoms with Gasteiger partial charge in [-0.15, -0.1) is 0 Å². The molecule has 3 rings (SSSR count). The zero-order valence-corrected chi connectivity index (χ0v) is 14.0. The summed E-state index contributed by atoms with van der Waals surface area (Å²) in [6.07, 6.45) is 0. The molecule has 0 bridgehead atoms.